The van der Waals surface area contributed by atoms with Gasteiger partial charge in [0.1, 0.15) is 5.52 Å². The lowest BCUT2D eigenvalue weighted by Crippen LogP contribution is -2.05. The van der Waals surface area contributed by atoms with E-state index in [1.54, 1.807) is 19.4 Å². The van der Waals surface area contributed by atoms with Crippen LogP contribution >= 0.6 is 11.6 Å². The number of anilines is 1. The number of hydrogen-bond donors (Lipinski definition) is 1. The summed E-state index contributed by atoms with van der Waals surface area (Å²) >= 11 is 5.86. The maximum absolute atomic E-state index is 5.86. The van der Waals surface area contributed by atoms with Crippen LogP contribution in [0.5, 0.6) is 0 Å². The zero-order valence-corrected chi connectivity index (χ0v) is 10.4. The van der Waals surface area contributed by atoms with E-state index in [0.717, 1.165) is 37.2 Å². The van der Waals surface area contributed by atoms with Crippen LogP contribution in [-0.4, -0.2) is 28.3 Å². The zero-order valence-electron chi connectivity index (χ0n) is 9.69. The normalized spacial score (nSPS) is 11.2. The molecule has 0 saturated heterocycles. The Hall–Kier alpha value is -1.33. The van der Waals surface area contributed by atoms with Crippen molar-refractivity contribution in [2.75, 3.05) is 19.5 Å². The second-order valence-electron chi connectivity index (χ2n) is 3.82. The molecule has 2 N–H and O–H groups in total. The van der Waals surface area contributed by atoms with Crippen molar-refractivity contribution in [2.24, 2.45) is 0 Å². The Morgan fingerprint density at radius 1 is 1.47 bits per heavy atom. The van der Waals surface area contributed by atoms with E-state index in [1.165, 1.54) is 0 Å². The van der Waals surface area contributed by atoms with Crippen LogP contribution in [0, 0.1) is 0 Å². The molecule has 0 bridgehead atoms. The highest BCUT2D eigenvalue weighted by atomic mass is 35.5. The lowest BCUT2D eigenvalue weighted by atomic mass is 10.3. The first-order valence-electron chi connectivity index (χ1n) is 5.48. The number of nitrogen functional groups attached to an aromatic ring is 1. The van der Waals surface area contributed by atoms with Gasteiger partial charge >= 0.3 is 0 Å². The Morgan fingerprint density at radius 3 is 3.06 bits per heavy atom. The topological polar surface area (TPSA) is 66.0 Å². The third-order valence-corrected chi connectivity index (χ3v) is 2.77. The Labute approximate surface area is 105 Å². The van der Waals surface area contributed by atoms with Crippen LogP contribution in [0.3, 0.4) is 0 Å². The molecule has 0 radical (unpaired) electrons. The third-order valence-electron chi connectivity index (χ3n) is 2.56. The molecule has 0 spiro atoms. The number of halogens is 1. The highest BCUT2D eigenvalue weighted by molar-refractivity contribution is 6.31. The number of aromatic nitrogens is 3. The first kappa shape index (κ1) is 12.1. The van der Waals surface area contributed by atoms with Crippen molar-refractivity contribution >= 4 is 28.7 Å². The molecule has 0 unspecified atom stereocenters. The fourth-order valence-corrected chi connectivity index (χ4v) is 1.89. The fraction of sp³-hybridized carbons (Fsp3) is 0.455. The maximum Gasteiger partial charge on any atom is 0.202 e. The molecule has 0 aliphatic heterocycles. The molecule has 0 aliphatic carbocycles. The van der Waals surface area contributed by atoms with Crippen LogP contribution in [0.15, 0.2) is 12.3 Å². The van der Waals surface area contributed by atoms with Gasteiger partial charge in [-0.05, 0) is 18.9 Å². The Kier molecular flexibility index (Phi) is 3.81. The molecular formula is C11H15ClN4O. The van der Waals surface area contributed by atoms with Crippen molar-refractivity contribution in [1.82, 2.24) is 14.5 Å². The van der Waals surface area contributed by atoms with Crippen molar-refractivity contribution < 1.29 is 4.74 Å². The predicted molar refractivity (Wildman–Crippen MR) is 68.1 cm³/mol. The minimum absolute atomic E-state index is 0.479. The standard InChI is InChI=1S/C11H15ClN4O/c1-17-5-3-2-4-16-10-9(15-11(16)13)6-8(12)7-14-10/h6-7H,2-5H2,1H3,(H2,13,15). The summed E-state index contributed by atoms with van der Waals surface area (Å²) in [7, 11) is 1.70. The lowest BCUT2D eigenvalue weighted by molar-refractivity contribution is 0.191. The summed E-state index contributed by atoms with van der Waals surface area (Å²) in [5.74, 6) is 0.479. The molecule has 0 atom stereocenters. The summed E-state index contributed by atoms with van der Waals surface area (Å²) in [5.41, 5.74) is 7.38. The van der Waals surface area contributed by atoms with E-state index in [0.29, 0.717) is 11.0 Å². The SMILES string of the molecule is COCCCCn1c(N)nc2cc(Cl)cnc21. The number of ether oxygens (including phenoxy) is 1. The van der Waals surface area contributed by atoms with Gasteiger partial charge in [0.05, 0.1) is 5.02 Å². The van der Waals surface area contributed by atoms with E-state index in [1.807, 2.05) is 4.57 Å². The summed E-state index contributed by atoms with van der Waals surface area (Å²) in [6.45, 7) is 1.55. The van der Waals surface area contributed by atoms with E-state index >= 15 is 0 Å². The minimum atomic E-state index is 0.479. The number of aryl methyl sites for hydroxylation is 1. The van der Waals surface area contributed by atoms with E-state index in [2.05, 4.69) is 9.97 Å². The summed E-state index contributed by atoms with van der Waals surface area (Å²) < 4.78 is 6.91. The molecule has 0 aliphatic rings. The highest BCUT2D eigenvalue weighted by Gasteiger charge is 2.09. The molecule has 5 nitrogen and oxygen atoms in total. The summed E-state index contributed by atoms with van der Waals surface area (Å²) in [4.78, 5) is 8.49. The highest BCUT2D eigenvalue weighted by Crippen LogP contribution is 2.19. The number of fused-ring (bicyclic) bond motifs is 1. The number of imidazole rings is 1. The van der Waals surface area contributed by atoms with Crippen LogP contribution in [0.25, 0.3) is 11.2 Å². The molecule has 2 aromatic heterocycles. The van der Waals surface area contributed by atoms with Crippen LogP contribution in [0.4, 0.5) is 5.95 Å². The second kappa shape index (κ2) is 5.33. The third kappa shape index (κ3) is 2.68. The Morgan fingerprint density at radius 2 is 2.29 bits per heavy atom. The average Bonchev–Trinajstić information content (AvgIpc) is 2.60. The molecule has 17 heavy (non-hydrogen) atoms. The van der Waals surface area contributed by atoms with Crippen molar-refractivity contribution in [2.45, 2.75) is 19.4 Å². The van der Waals surface area contributed by atoms with Crippen molar-refractivity contribution in [3.63, 3.8) is 0 Å². The summed E-state index contributed by atoms with van der Waals surface area (Å²) in [5, 5.41) is 0.571. The van der Waals surface area contributed by atoms with Gasteiger partial charge < -0.3 is 10.5 Å². The number of hydrogen-bond acceptors (Lipinski definition) is 4. The minimum Gasteiger partial charge on any atom is -0.385 e. The zero-order chi connectivity index (χ0) is 12.3. The van der Waals surface area contributed by atoms with Crippen molar-refractivity contribution in [3.8, 4) is 0 Å². The van der Waals surface area contributed by atoms with Gasteiger partial charge in [0.15, 0.2) is 5.65 Å². The Bertz CT molecular complexity index is 511. The molecular weight excluding hydrogens is 240 g/mol. The summed E-state index contributed by atoms with van der Waals surface area (Å²) in [6, 6.07) is 1.77. The van der Waals surface area contributed by atoms with Crippen molar-refractivity contribution in [3.05, 3.63) is 17.3 Å². The molecule has 0 aromatic carbocycles. The monoisotopic (exact) mass is 254 g/mol. The average molecular weight is 255 g/mol. The first-order valence-corrected chi connectivity index (χ1v) is 5.86. The van der Waals surface area contributed by atoms with Gasteiger partial charge in [-0.1, -0.05) is 11.6 Å². The van der Waals surface area contributed by atoms with Gasteiger partial charge in [0.25, 0.3) is 0 Å². The van der Waals surface area contributed by atoms with Crippen LogP contribution in [0.2, 0.25) is 5.02 Å². The number of pyridine rings is 1. The molecule has 6 heteroatoms. The van der Waals surface area contributed by atoms with E-state index < -0.39 is 0 Å². The smallest absolute Gasteiger partial charge is 0.202 e. The van der Waals surface area contributed by atoms with Crippen LogP contribution in [-0.2, 0) is 11.3 Å². The fourth-order valence-electron chi connectivity index (χ4n) is 1.74. The summed E-state index contributed by atoms with van der Waals surface area (Å²) in [6.07, 6.45) is 3.58. The van der Waals surface area contributed by atoms with E-state index in [4.69, 9.17) is 22.1 Å². The van der Waals surface area contributed by atoms with Crippen LogP contribution < -0.4 is 5.73 Å². The lowest BCUT2D eigenvalue weighted by Gasteiger charge is -2.05. The molecule has 92 valence electrons. The quantitative estimate of drug-likeness (QED) is 0.830. The van der Waals surface area contributed by atoms with Gasteiger partial charge in [0, 0.05) is 26.5 Å². The van der Waals surface area contributed by atoms with E-state index in [9.17, 15) is 0 Å². The molecule has 2 rings (SSSR count). The maximum atomic E-state index is 5.86. The molecule has 2 aromatic rings. The molecule has 0 amide bonds. The molecule has 0 fully saturated rings. The van der Waals surface area contributed by atoms with Gasteiger partial charge in [-0.2, -0.15) is 0 Å². The van der Waals surface area contributed by atoms with Gasteiger partial charge in [-0.15, -0.1) is 0 Å². The second-order valence-corrected chi connectivity index (χ2v) is 4.25. The predicted octanol–water partition coefficient (Wildman–Crippen LogP) is 2.09. The largest absolute Gasteiger partial charge is 0.385 e. The number of nitrogens with two attached hydrogens (primary N) is 1. The first-order chi connectivity index (χ1) is 8.22. The number of nitrogens with zero attached hydrogens (tertiary/aromatic N) is 3. The van der Waals surface area contributed by atoms with Gasteiger partial charge in [0.2, 0.25) is 5.95 Å². The number of rotatable bonds is 5. The number of unbranched alkanes of at least 4 members (excludes halogenated alkanes) is 1. The van der Waals surface area contributed by atoms with Crippen LogP contribution in [0.1, 0.15) is 12.8 Å². The van der Waals surface area contributed by atoms with Crippen molar-refractivity contribution in [1.29, 1.82) is 0 Å². The van der Waals surface area contributed by atoms with Gasteiger partial charge in [-0.3, -0.25) is 4.57 Å². The molecule has 2 heterocycles. The Balaban J connectivity index is 2.18. The number of methoxy groups -OCH3 is 1. The molecule has 0 saturated carbocycles. The van der Waals surface area contributed by atoms with E-state index in [-0.39, 0.29) is 0 Å². The van der Waals surface area contributed by atoms with Gasteiger partial charge in [-0.25, -0.2) is 9.97 Å².